The number of benzene rings is 2. The summed E-state index contributed by atoms with van der Waals surface area (Å²) >= 11 is 0. The average molecular weight is 403 g/mol. The first kappa shape index (κ1) is 20.6. The monoisotopic (exact) mass is 403 g/mol. The molecule has 0 radical (unpaired) electrons. The normalized spacial score (nSPS) is 13.4. The van der Waals surface area contributed by atoms with Gasteiger partial charge >= 0.3 is 6.61 Å². The van der Waals surface area contributed by atoms with Gasteiger partial charge in [0, 0.05) is 25.2 Å². The van der Waals surface area contributed by atoms with Crippen LogP contribution < -0.4 is 15.4 Å². The quantitative estimate of drug-likeness (QED) is 0.710. The van der Waals surface area contributed by atoms with Gasteiger partial charge in [-0.2, -0.15) is 8.78 Å². The van der Waals surface area contributed by atoms with Crippen LogP contribution in [0.3, 0.4) is 0 Å². The Bertz CT molecular complexity index is 837. The average Bonchev–Trinajstić information content (AvgIpc) is 3.26. The number of para-hydroxylation sites is 2. The summed E-state index contributed by atoms with van der Waals surface area (Å²) in [5.74, 6) is -0.283. The van der Waals surface area contributed by atoms with E-state index in [0.717, 1.165) is 31.5 Å². The number of carbonyl (C=O) groups excluding carboxylic acids is 2. The first-order valence-corrected chi connectivity index (χ1v) is 9.45. The highest BCUT2D eigenvalue weighted by atomic mass is 19.3. The van der Waals surface area contributed by atoms with Crippen LogP contribution in [0.15, 0.2) is 48.5 Å². The third-order valence-corrected chi connectivity index (χ3v) is 4.63. The summed E-state index contributed by atoms with van der Waals surface area (Å²) in [6, 6.07) is 13.3. The number of hydrogen-bond donors (Lipinski definition) is 2. The Balaban J connectivity index is 1.46. The molecule has 1 aliphatic rings. The molecule has 0 unspecified atom stereocenters. The lowest BCUT2D eigenvalue weighted by molar-refractivity contribution is -0.119. The molecule has 3 rings (SSSR count). The molecular formula is C21H23F2N3O3. The molecule has 1 heterocycles. The van der Waals surface area contributed by atoms with Crippen molar-refractivity contribution in [3.63, 3.8) is 0 Å². The number of alkyl halides is 2. The molecule has 0 saturated carbocycles. The van der Waals surface area contributed by atoms with Gasteiger partial charge in [0.05, 0.1) is 12.2 Å². The Labute approximate surface area is 167 Å². The van der Waals surface area contributed by atoms with Gasteiger partial charge in [-0.25, -0.2) is 0 Å². The molecule has 2 N–H and O–H groups in total. The van der Waals surface area contributed by atoms with Gasteiger partial charge in [-0.05, 0) is 42.7 Å². The number of likely N-dealkylation sites (tertiary alicyclic amines) is 1. The maximum atomic E-state index is 12.4. The van der Waals surface area contributed by atoms with Crippen LogP contribution >= 0.6 is 0 Å². The van der Waals surface area contributed by atoms with Crippen LogP contribution in [0.25, 0.3) is 0 Å². The van der Waals surface area contributed by atoms with Gasteiger partial charge in [0.2, 0.25) is 5.91 Å². The van der Waals surface area contributed by atoms with E-state index < -0.39 is 6.61 Å². The van der Waals surface area contributed by atoms with E-state index in [1.54, 1.807) is 30.3 Å². The van der Waals surface area contributed by atoms with Crippen LogP contribution in [0.5, 0.6) is 5.75 Å². The second-order valence-electron chi connectivity index (χ2n) is 6.70. The van der Waals surface area contributed by atoms with E-state index in [2.05, 4.69) is 15.4 Å². The molecule has 29 heavy (non-hydrogen) atoms. The Hall–Kier alpha value is -3.16. The van der Waals surface area contributed by atoms with E-state index in [1.165, 1.54) is 6.07 Å². The number of rotatable bonds is 8. The first-order chi connectivity index (χ1) is 14.0. The lowest BCUT2D eigenvalue weighted by atomic mass is 10.1. The highest BCUT2D eigenvalue weighted by molar-refractivity contribution is 5.94. The molecular weight excluding hydrogens is 380 g/mol. The lowest BCUT2D eigenvalue weighted by Gasteiger charge is -2.15. The molecule has 2 amide bonds. The fraction of sp³-hybridized carbons (Fsp3) is 0.333. The van der Waals surface area contributed by atoms with Gasteiger partial charge in [0.25, 0.3) is 5.91 Å². The molecule has 154 valence electrons. The van der Waals surface area contributed by atoms with Crippen molar-refractivity contribution in [2.24, 2.45) is 0 Å². The van der Waals surface area contributed by atoms with Crippen LogP contribution in [0, 0.1) is 0 Å². The second kappa shape index (κ2) is 9.86. The molecule has 1 saturated heterocycles. The molecule has 0 aromatic heterocycles. The topological polar surface area (TPSA) is 70.7 Å². The number of anilines is 1. The van der Waals surface area contributed by atoms with Crippen LogP contribution in [0.1, 0.15) is 28.8 Å². The molecule has 6 nitrogen and oxygen atoms in total. The number of carbonyl (C=O) groups is 2. The molecule has 0 bridgehead atoms. The number of hydrogen-bond acceptors (Lipinski definition) is 4. The van der Waals surface area contributed by atoms with Gasteiger partial charge in [-0.1, -0.05) is 24.3 Å². The molecule has 2 aromatic carbocycles. The molecule has 2 aromatic rings. The van der Waals surface area contributed by atoms with Crippen LogP contribution in [-0.4, -0.2) is 43.0 Å². The predicted octanol–water partition coefficient (Wildman–Crippen LogP) is 3.25. The van der Waals surface area contributed by atoms with E-state index in [-0.39, 0.29) is 24.1 Å². The standard InChI is InChI=1S/C21H23F2N3O3/c22-21(23)29-18-6-2-1-5-17(18)24-14-19(27)25-13-15-7-9-16(10-8-15)20(28)26-11-3-4-12-26/h1-2,5-10,21,24H,3-4,11-14H2,(H,25,27). The predicted molar refractivity (Wildman–Crippen MR) is 105 cm³/mol. The molecule has 1 fully saturated rings. The fourth-order valence-electron chi connectivity index (χ4n) is 3.12. The summed E-state index contributed by atoms with van der Waals surface area (Å²) in [6.45, 7) is -1.13. The zero-order chi connectivity index (χ0) is 20.6. The number of amides is 2. The number of nitrogens with zero attached hydrogens (tertiary/aromatic N) is 1. The fourth-order valence-corrected chi connectivity index (χ4v) is 3.12. The minimum absolute atomic E-state index is 0.0199. The van der Waals surface area contributed by atoms with Crippen LogP contribution in [0.4, 0.5) is 14.5 Å². The van der Waals surface area contributed by atoms with Gasteiger partial charge < -0.3 is 20.3 Å². The van der Waals surface area contributed by atoms with Crippen molar-refractivity contribution in [3.05, 3.63) is 59.7 Å². The van der Waals surface area contributed by atoms with E-state index in [9.17, 15) is 18.4 Å². The second-order valence-corrected chi connectivity index (χ2v) is 6.70. The summed E-state index contributed by atoms with van der Waals surface area (Å²) in [5.41, 5.74) is 1.81. The molecule has 0 atom stereocenters. The van der Waals surface area contributed by atoms with E-state index in [4.69, 9.17) is 0 Å². The van der Waals surface area contributed by atoms with Gasteiger partial charge in [-0.3, -0.25) is 9.59 Å². The Kier molecular flexibility index (Phi) is 6.99. The minimum Gasteiger partial charge on any atom is -0.433 e. The number of halogens is 2. The number of ether oxygens (including phenoxy) is 1. The Morgan fingerprint density at radius 2 is 1.72 bits per heavy atom. The van der Waals surface area contributed by atoms with Crippen molar-refractivity contribution in [1.29, 1.82) is 0 Å². The van der Waals surface area contributed by atoms with E-state index in [0.29, 0.717) is 17.8 Å². The molecule has 8 heteroatoms. The van der Waals surface area contributed by atoms with Gasteiger partial charge in [-0.15, -0.1) is 0 Å². The van der Waals surface area contributed by atoms with Crippen molar-refractivity contribution in [2.75, 3.05) is 25.0 Å². The third-order valence-electron chi connectivity index (χ3n) is 4.63. The van der Waals surface area contributed by atoms with E-state index in [1.807, 2.05) is 17.0 Å². The Morgan fingerprint density at radius 3 is 2.41 bits per heavy atom. The molecule has 0 spiro atoms. The highest BCUT2D eigenvalue weighted by Crippen LogP contribution is 2.25. The summed E-state index contributed by atoms with van der Waals surface area (Å²) in [7, 11) is 0. The van der Waals surface area contributed by atoms with E-state index >= 15 is 0 Å². The maximum absolute atomic E-state index is 12.4. The van der Waals surface area contributed by atoms with Gasteiger partial charge in [0.1, 0.15) is 5.75 Å². The largest absolute Gasteiger partial charge is 0.433 e. The summed E-state index contributed by atoms with van der Waals surface area (Å²) < 4.78 is 29.3. The minimum atomic E-state index is -2.94. The van der Waals surface area contributed by atoms with Crippen LogP contribution in [-0.2, 0) is 11.3 Å². The maximum Gasteiger partial charge on any atom is 0.387 e. The zero-order valence-corrected chi connectivity index (χ0v) is 15.9. The van der Waals surface area contributed by atoms with Crippen molar-refractivity contribution >= 4 is 17.5 Å². The highest BCUT2D eigenvalue weighted by Gasteiger charge is 2.19. The summed E-state index contributed by atoms with van der Waals surface area (Å²) in [6.07, 6.45) is 2.09. The molecule has 0 aliphatic carbocycles. The van der Waals surface area contributed by atoms with Crippen molar-refractivity contribution in [1.82, 2.24) is 10.2 Å². The van der Waals surface area contributed by atoms with Crippen molar-refractivity contribution < 1.29 is 23.1 Å². The Morgan fingerprint density at radius 1 is 1.03 bits per heavy atom. The van der Waals surface area contributed by atoms with Crippen molar-refractivity contribution in [3.8, 4) is 5.75 Å². The van der Waals surface area contributed by atoms with Crippen LogP contribution in [0.2, 0.25) is 0 Å². The first-order valence-electron chi connectivity index (χ1n) is 9.45. The van der Waals surface area contributed by atoms with Crippen molar-refractivity contribution in [2.45, 2.75) is 26.0 Å². The number of nitrogens with one attached hydrogen (secondary N) is 2. The lowest BCUT2D eigenvalue weighted by Crippen LogP contribution is -2.29. The zero-order valence-electron chi connectivity index (χ0n) is 15.9. The smallest absolute Gasteiger partial charge is 0.387 e. The summed E-state index contributed by atoms with van der Waals surface area (Å²) in [4.78, 5) is 26.2. The third kappa shape index (κ3) is 5.91. The van der Waals surface area contributed by atoms with Gasteiger partial charge in [0.15, 0.2) is 0 Å². The summed E-state index contributed by atoms with van der Waals surface area (Å²) in [5, 5.41) is 5.54. The SMILES string of the molecule is O=C(CNc1ccccc1OC(F)F)NCc1ccc(C(=O)N2CCCC2)cc1. The molecule has 1 aliphatic heterocycles.